The molecule has 0 saturated carbocycles. The second kappa shape index (κ2) is 4.31. The number of nitrogens with two attached hydrogens (primary N) is 1. The van der Waals surface area contributed by atoms with Gasteiger partial charge >= 0.3 is 0 Å². The van der Waals surface area contributed by atoms with Gasteiger partial charge in [-0.3, -0.25) is 4.79 Å². The van der Waals surface area contributed by atoms with E-state index in [9.17, 15) is 9.90 Å². The van der Waals surface area contributed by atoms with Crippen molar-refractivity contribution in [1.29, 1.82) is 0 Å². The molecule has 1 amide bonds. The Kier molecular flexibility index (Phi) is 3.31. The van der Waals surface area contributed by atoms with Crippen LogP contribution in [0.15, 0.2) is 24.3 Å². The summed E-state index contributed by atoms with van der Waals surface area (Å²) in [5.41, 5.74) is 4.39. The second-order valence-corrected chi connectivity index (χ2v) is 3.66. The Morgan fingerprint density at radius 2 is 2.00 bits per heavy atom. The fraction of sp³-hybridized carbons (Fsp3) is 0.364. The van der Waals surface area contributed by atoms with Crippen molar-refractivity contribution in [3.05, 3.63) is 29.8 Å². The van der Waals surface area contributed by atoms with Crippen LogP contribution in [0.1, 0.15) is 12.5 Å². The average molecular weight is 209 g/mol. The Balaban J connectivity index is 2.77. The Morgan fingerprint density at radius 3 is 2.40 bits per heavy atom. The number of methoxy groups -OCH3 is 1. The van der Waals surface area contributed by atoms with Gasteiger partial charge in [0.15, 0.2) is 0 Å². The minimum Gasteiger partial charge on any atom is -0.497 e. The molecule has 0 saturated heterocycles. The molecule has 0 aliphatic heterocycles. The number of ether oxygens (including phenoxy) is 1. The number of rotatable bonds is 4. The smallest absolute Gasteiger partial charge is 0.249 e. The van der Waals surface area contributed by atoms with Crippen molar-refractivity contribution in [3.63, 3.8) is 0 Å². The summed E-state index contributed by atoms with van der Waals surface area (Å²) in [6, 6.07) is 7.12. The summed E-state index contributed by atoms with van der Waals surface area (Å²) in [5, 5.41) is 9.67. The summed E-state index contributed by atoms with van der Waals surface area (Å²) < 4.78 is 4.99. The van der Waals surface area contributed by atoms with Gasteiger partial charge in [-0.2, -0.15) is 0 Å². The van der Waals surface area contributed by atoms with Crippen molar-refractivity contribution >= 4 is 5.91 Å². The molecule has 4 heteroatoms. The van der Waals surface area contributed by atoms with E-state index in [2.05, 4.69) is 0 Å². The van der Waals surface area contributed by atoms with Crippen LogP contribution in [0, 0.1) is 0 Å². The van der Waals surface area contributed by atoms with E-state index in [1.807, 2.05) is 0 Å². The van der Waals surface area contributed by atoms with E-state index in [-0.39, 0.29) is 6.42 Å². The third-order valence-corrected chi connectivity index (χ3v) is 2.24. The third kappa shape index (κ3) is 2.95. The van der Waals surface area contributed by atoms with E-state index in [4.69, 9.17) is 10.5 Å². The summed E-state index contributed by atoms with van der Waals surface area (Å²) in [6.45, 7) is 1.40. The van der Waals surface area contributed by atoms with Crippen molar-refractivity contribution in [2.24, 2.45) is 5.73 Å². The van der Waals surface area contributed by atoms with Crippen molar-refractivity contribution in [3.8, 4) is 5.75 Å². The highest BCUT2D eigenvalue weighted by Gasteiger charge is 2.27. The highest BCUT2D eigenvalue weighted by Crippen LogP contribution is 2.16. The normalized spacial score (nSPS) is 14.3. The van der Waals surface area contributed by atoms with E-state index in [0.717, 1.165) is 11.3 Å². The number of hydrogen-bond donors (Lipinski definition) is 2. The molecular formula is C11H15NO3. The minimum atomic E-state index is -1.51. The van der Waals surface area contributed by atoms with Gasteiger partial charge in [0.05, 0.1) is 7.11 Å². The number of carbonyl (C=O) groups is 1. The molecule has 1 aromatic carbocycles. The van der Waals surface area contributed by atoms with Crippen LogP contribution in [0.4, 0.5) is 0 Å². The Morgan fingerprint density at radius 1 is 1.47 bits per heavy atom. The first-order valence-corrected chi connectivity index (χ1v) is 4.61. The van der Waals surface area contributed by atoms with Crippen LogP contribution in [-0.2, 0) is 11.2 Å². The van der Waals surface area contributed by atoms with Crippen LogP contribution in [0.5, 0.6) is 5.75 Å². The van der Waals surface area contributed by atoms with Crippen LogP contribution in [0.2, 0.25) is 0 Å². The summed E-state index contributed by atoms with van der Waals surface area (Å²) in [7, 11) is 1.58. The number of benzene rings is 1. The van der Waals surface area contributed by atoms with Gasteiger partial charge in [-0.1, -0.05) is 12.1 Å². The van der Waals surface area contributed by atoms with Gasteiger partial charge in [-0.15, -0.1) is 0 Å². The first-order valence-electron chi connectivity index (χ1n) is 4.61. The largest absolute Gasteiger partial charge is 0.497 e. The SMILES string of the molecule is COc1ccc(CC(C)(O)C(N)=O)cc1. The Labute approximate surface area is 88.7 Å². The molecule has 1 aromatic rings. The topological polar surface area (TPSA) is 72.6 Å². The van der Waals surface area contributed by atoms with Gasteiger partial charge in [-0.25, -0.2) is 0 Å². The van der Waals surface area contributed by atoms with Crippen molar-refractivity contribution < 1.29 is 14.6 Å². The second-order valence-electron chi connectivity index (χ2n) is 3.66. The quantitative estimate of drug-likeness (QED) is 0.757. The molecule has 0 aliphatic carbocycles. The van der Waals surface area contributed by atoms with Gasteiger partial charge in [0.25, 0.3) is 0 Å². The zero-order valence-electron chi connectivity index (χ0n) is 8.86. The number of primary amides is 1. The minimum absolute atomic E-state index is 0.201. The molecule has 4 nitrogen and oxygen atoms in total. The van der Waals surface area contributed by atoms with Gasteiger partial charge < -0.3 is 15.6 Å². The van der Waals surface area contributed by atoms with Crippen LogP contribution < -0.4 is 10.5 Å². The molecule has 0 heterocycles. The number of amides is 1. The molecular weight excluding hydrogens is 194 g/mol. The molecule has 3 N–H and O–H groups in total. The summed E-state index contributed by atoms with van der Waals surface area (Å²) in [5.74, 6) is 0.00999. The number of carbonyl (C=O) groups excluding carboxylic acids is 1. The fourth-order valence-electron chi connectivity index (χ4n) is 1.23. The summed E-state index contributed by atoms with van der Waals surface area (Å²) >= 11 is 0. The van der Waals surface area contributed by atoms with E-state index >= 15 is 0 Å². The zero-order valence-corrected chi connectivity index (χ0v) is 8.86. The van der Waals surface area contributed by atoms with E-state index in [0.29, 0.717) is 0 Å². The first kappa shape index (κ1) is 11.5. The molecule has 15 heavy (non-hydrogen) atoms. The van der Waals surface area contributed by atoms with E-state index < -0.39 is 11.5 Å². The Hall–Kier alpha value is -1.55. The predicted molar refractivity (Wildman–Crippen MR) is 56.5 cm³/mol. The molecule has 0 aliphatic rings. The molecule has 1 unspecified atom stereocenters. The van der Waals surface area contributed by atoms with Gasteiger partial charge in [-0.05, 0) is 24.6 Å². The fourth-order valence-corrected chi connectivity index (χ4v) is 1.23. The lowest BCUT2D eigenvalue weighted by Gasteiger charge is -2.18. The van der Waals surface area contributed by atoms with Crippen molar-refractivity contribution in [2.45, 2.75) is 18.9 Å². The molecule has 0 bridgehead atoms. The van der Waals surface area contributed by atoms with Crippen LogP contribution >= 0.6 is 0 Å². The van der Waals surface area contributed by atoms with Crippen molar-refractivity contribution in [2.75, 3.05) is 7.11 Å². The van der Waals surface area contributed by atoms with E-state index in [1.165, 1.54) is 6.92 Å². The van der Waals surface area contributed by atoms with Crippen LogP contribution in [0.25, 0.3) is 0 Å². The van der Waals surface area contributed by atoms with Gasteiger partial charge in [0, 0.05) is 6.42 Å². The lowest BCUT2D eigenvalue weighted by Crippen LogP contribution is -2.42. The average Bonchev–Trinajstić information content (AvgIpc) is 2.18. The molecule has 82 valence electrons. The third-order valence-electron chi connectivity index (χ3n) is 2.24. The molecule has 0 aromatic heterocycles. The lowest BCUT2D eigenvalue weighted by molar-refractivity contribution is -0.134. The predicted octanol–water partition coefficient (Wildman–Crippen LogP) is 0.474. The maximum atomic E-state index is 10.9. The molecule has 1 rings (SSSR count). The van der Waals surface area contributed by atoms with E-state index in [1.54, 1.807) is 31.4 Å². The highest BCUT2D eigenvalue weighted by molar-refractivity contribution is 5.83. The number of aliphatic hydroxyl groups is 1. The standard InChI is InChI=1S/C11H15NO3/c1-11(14,10(12)13)7-8-3-5-9(15-2)6-4-8/h3-6,14H,7H2,1-2H3,(H2,12,13). The maximum Gasteiger partial charge on any atom is 0.249 e. The van der Waals surface area contributed by atoms with Gasteiger partial charge in [0.2, 0.25) is 5.91 Å². The molecule has 1 atom stereocenters. The molecule has 0 spiro atoms. The monoisotopic (exact) mass is 209 g/mol. The Bertz CT molecular complexity index is 343. The van der Waals surface area contributed by atoms with Crippen LogP contribution in [0.3, 0.4) is 0 Å². The first-order chi connectivity index (χ1) is 6.95. The van der Waals surface area contributed by atoms with Crippen LogP contribution in [-0.4, -0.2) is 23.7 Å². The lowest BCUT2D eigenvalue weighted by atomic mass is 9.96. The maximum absolute atomic E-state index is 10.9. The zero-order chi connectivity index (χ0) is 11.5. The number of hydrogen-bond acceptors (Lipinski definition) is 3. The molecule has 0 fully saturated rings. The molecule has 0 radical (unpaired) electrons. The van der Waals surface area contributed by atoms with Gasteiger partial charge in [0.1, 0.15) is 11.4 Å². The summed E-state index contributed by atoms with van der Waals surface area (Å²) in [4.78, 5) is 10.9. The summed E-state index contributed by atoms with van der Waals surface area (Å²) in [6.07, 6.45) is 0.201. The van der Waals surface area contributed by atoms with Crippen molar-refractivity contribution in [1.82, 2.24) is 0 Å². The highest BCUT2D eigenvalue weighted by atomic mass is 16.5.